The summed E-state index contributed by atoms with van der Waals surface area (Å²) in [6.07, 6.45) is 0.0360. The van der Waals surface area contributed by atoms with Crippen molar-refractivity contribution in [1.29, 1.82) is 0 Å². The Kier molecular flexibility index (Phi) is 4.96. The van der Waals surface area contributed by atoms with E-state index >= 15 is 0 Å². The summed E-state index contributed by atoms with van der Waals surface area (Å²) in [7, 11) is 1.28. The normalized spacial score (nSPS) is 9.76. The molecule has 0 fully saturated rings. The monoisotopic (exact) mass is 301 g/mol. The number of esters is 2. The molecule has 0 heterocycles. The smallest absolute Gasteiger partial charge is 0.338 e. The summed E-state index contributed by atoms with van der Waals surface area (Å²) in [6, 6.07) is 4.75. The maximum absolute atomic E-state index is 11.5. The van der Waals surface area contributed by atoms with Crippen molar-refractivity contribution in [3.8, 4) is 0 Å². The van der Waals surface area contributed by atoms with Crippen molar-refractivity contribution in [2.45, 2.75) is 6.42 Å². The molecule has 17 heavy (non-hydrogen) atoms. The van der Waals surface area contributed by atoms with Gasteiger partial charge in [-0.1, -0.05) is 0 Å². The fraction of sp³-hybridized carbons (Fsp3) is 0.273. The Labute approximate surface area is 107 Å². The zero-order chi connectivity index (χ0) is 12.8. The van der Waals surface area contributed by atoms with Crippen molar-refractivity contribution in [3.63, 3.8) is 0 Å². The number of hydrogen-bond donors (Lipinski definition) is 1. The van der Waals surface area contributed by atoms with Gasteiger partial charge in [0.25, 0.3) is 0 Å². The summed E-state index contributed by atoms with van der Waals surface area (Å²) in [5, 5.41) is 0. The third-order valence-electron chi connectivity index (χ3n) is 2.00. The highest BCUT2D eigenvalue weighted by atomic mass is 79.9. The minimum atomic E-state index is -0.520. The molecule has 0 atom stereocenters. The molecule has 0 aromatic heterocycles. The average Bonchev–Trinajstić information content (AvgIpc) is 2.32. The molecular formula is C11H12BrNO4. The second kappa shape index (κ2) is 6.24. The van der Waals surface area contributed by atoms with Crippen LogP contribution in [0.15, 0.2) is 22.7 Å². The van der Waals surface area contributed by atoms with Crippen molar-refractivity contribution >= 4 is 33.6 Å². The first-order valence-corrected chi connectivity index (χ1v) is 5.63. The van der Waals surface area contributed by atoms with Crippen LogP contribution in [0.3, 0.4) is 0 Å². The number of carbonyl (C=O) groups excluding carboxylic acids is 2. The molecule has 0 bridgehead atoms. The molecule has 1 rings (SSSR count). The second-order valence-corrected chi connectivity index (χ2v) is 4.05. The number of benzene rings is 1. The van der Waals surface area contributed by atoms with Crippen LogP contribution in [-0.4, -0.2) is 25.7 Å². The lowest BCUT2D eigenvalue weighted by molar-refractivity contribution is -0.141. The van der Waals surface area contributed by atoms with Gasteiger partial charge in [0.1, 0.15) is 6.61 Å². The van der Waals surface area contributed by atoms with Crippen LogP contribution in [0.4, 0.5) is 5.69 Å². The summed E-state index contributed by atoms with van der Waals surface area (Å²) in [4.78, 5) is 22.3. The highest BCUT2D eigenvalue weighted by molar-refractivity contribution is 9.10. The van der Waals surface area contributed by atoms with Gasteiger partial charge in [-0.05, 0) is 34.1 Å². The first-order chi connectivity index (χ1) is 8.04. The Hall–Kier alpha value is -1.56. The number of methoxy groups -OCH3 is 1. The minimum Gasteiger partial charge on any atom is -0.469 e. The molecule has 0 saturated heterocycles. The van der Waals surface area contributed by atoms with E-state index in [1.165, 1.54) is 13.2 Å². The molecule has 0 aliphatic heterocycles. The second-order valence-electron chi connectivity index (χ2n) is 3.20. The van der Waals surface area contributed by atoms with Gasteiger partial charge in [-0.15, -0.1) is 0 Å². The van der Waals surface area contributed by atoms with Crippen molar-refractivity contribution < 1.29 is 19.1 Å². The number of rotatable bonds is 4. The molecule has 0 aliphatic rings. The highest BCUT2D eigenvalue weighted by Crippen LogP contribution is 2.20. The number of ether oxygens (including phenoxy) is 2. The van der Waals surface area contributed by atoms with E-state index in [0.717, 1.165) is 0 Å². The predicted molar refractivity (Wildman–Crippen MR) is 65.5 cm³/mol. The third kappa shape index (κ3) is 4.07. The van der Waals surface area contributed by atoms with E-state index in [1.54, 1.807) is 12.1 Å². The summed E-state index contributed by atoms with van der Waals surface area (Å²) < 4.78 is 10.0. The number of carbonyl (C=O) groups is 2. The van der Waals surface area contributed by atoms with Crippen LogP contribution in [0, 0.1) is 0 Å². The lowest BCUT2D eigenvalue weighted by Crippen LogP contribution is -2.11. The highest BCUT2D eigenvalue weighted by Gasteiger charge is 2.09. The zero-order valence-electron chi connectivity index (χ0n) is 9.23. The van der Waals surface area contributed by atoms with Crippen LogP contribution >= 0.6 is 15.9 Å². The van der Waals surface area contributed by atoms with Gasteiger partial charge in [-0.25, -0.2) is 4.79 Å². The zero-order valence-corrected chi connectivity index (χ0v) is 10.8. The SMILES string of the molecule is COC(=O)CCOC(=O)c1ccc(Br)c(N)c1. The first kappa shape index (κ1) is 13.5. The Morgan fingerprint density at radius 3 is 2.71 bits per heavy atom. The van der Waals surface area contributed by atoms with Crippen LogP contribution in [0.1, 0.15) is 16.8 Å². The standard InChI is InChI=1S/C11H12BrNO4/c1-16-10(14)4-5-17-11(15)7-2-3-8(12)9(13)6-7/h2-3,6H,4-5,13H2,1H3. The van der Waals surface area contributed by atoms with Crippen molar-refractivity contribution in [2.75, 3.05) is 19.5 Å². The van der Waals surface area contributed by atoms with Gasteiger partial charge in [-0.2, -0.15) is 0 Å². The topological polar surface area (TPSA) is 78.6 Å². The number of nitrogens with two attached hydrogens (primary N) is 1. The minimum absolute atomic E-state index is 0.0124. The van der Waals surface area contributed by atoms with Crippen molar-refractivity contribution in [1.82, 2.24) is 0 Å². The van der Waals surface area contributed by atoms with E-state index in [9.17, 15) is 9.59 Å². The van der Waals surface area contributed by atoms with E-state index in [1.807, 2.05) is 0 Å². The summed E-state index contributed by atoms with van der Waals surface area (Å²) in [6.45, 7) is -0.0124. The molecule has 1 aromatic rings. The average molecular weight is 302 g/mol. The Morgan fingerprint density at radius 2 is 2.12 bits per heavy atom. The molecule has 0 spiro atoms. The van der Waals surface area contributed by atoms with E-state index in [0.29, 0.717) is 15.7 Å². The lowest BCUT2D eigenvalue weighted by Gasteiger charge is -2.05. The molecule has 0 saturated carbocycles. The molecule has 1 aromatic carbocycles. The van der Waals surface area contributed by atoms with Crippen LogP contribution in [0.25, 0.3) is 0 Å². The van der Waals surface area contributed by atoms with Crippen LogP contribution < -0.4 is 5.73 Å². The van der Waals surface area contributed by atoms with Crippen molar-refractivity contribution in [2.24, 2.45) is 0 Å². The van der Waals surface area contributed by atoms with Crippen molar-refractivity contribution in [3.05, 3.63) is 28.2 Å². The van der Waals surface area contributed by atoms with Crippen LogP contribution in [0.2, 0.25) is 0 Å². The van der Waals surface area contributed by atoms with Crippen LogP contribution in [0.5, 0.6) is 0 Å². The maximum atomic E-state index is 11.5. The van der Waals surface area contributed by atoms with E-state index < -0.39 is 11.9 Å². The third-order valence-corrected chi connectivity index (χ3v) is 2.72. The largest absolute Gasteiger partial charge is 0.469 e. The fourth-order valence-electron chi connectivity index (χ4n) is 1.08. The quantitative estimate of drug-likeness (QED) is 0.677. The molecule has 2 N–H and O–H groups in total. The number of nitrogen functional groups attached to an aromatic ring is 1. The Balaban J connectivity index is 2.52. The fourth-order valence-corrected chi connectivity index (χ4v) is 1.33. The number of anilines is 1. The van der Waals surface area contributed by atoms with Gasteiger partial charge in [0.15, 0.2) is 0 Å². The Bertz CT molecular complexity index is 433. The van der Waals surface area contributed by atoms with Gasteiger partial charge >= 0.3 is 11.9 Å². The summed E-state index contributed by atoms with van der Waals surface area (Å²) >= 11 is 3.22. The van der Waals surface area contributed by atoms with Gasteiger partial charge in [0, 0.05) is 10.2 Å². The van der Waals surface area contributed by atoms with Gasteiger partial charge in [0.2, 0.25) is 0 Å². The number of halogens is 1. The lowest BCUT2D eigenvalue weighted by atomic mass is 10.2. The van der Waals surface area contributed by atoms with Gasteiger partial charge in [-0.3, -0.25) is 4.79 Å². The Morgan fingerprint density at radius 1 is 1.41 bits per heavy atom. The number of hydrogen-bond acceptors (Lipinski definition) is 5. The molecule has 0 unspecified atom stereocenters. The van der Waals surface area contributed by atoms with E-state index in [-0.39, 0.29) is 13.0 Å². The molecule has 0 amide bonds. The molecule has 5 nitrogen and oxygen atoms in total. The maximum Gasteiger partial charge on any atom is 0.338 e. The molecule has 0 aliphatic carbocycles. The first-order valence-electron chi connectivity index (χ1n) is 4.83. The summed E-state index contributed by atoms with van der Waals surface area (Å²) in [5.74, 6) is -0.943. The van der Waals surface area contributed by atoms with Crippen LogP contribution in [-0.2, 0) is 14.3 Å². The van der Waals surface area contributed by atoms with E-state index in [4.69, 9.17) is 10.5 Å². The molecular weight excluding hydrogens is 290 g/mol. The molecule has 6 heteroatoms. The van der Waals surface area contributed by atoms with E-state index in [2.05, 4.69) is 20.7 Å². The van der Waals surface area contributed by atoms with Gasteiger partial charge < -0.3 is 15.2 Å². The summed E-state index contributed by atoms with van der Waals surface area (Å²) in [5.41, 5.74) is 6.42. The van der Waals surface area contributed by atoms with Gasteiger partial charge in [0.05, 0.1) is 19.1 Å². The molecule has 92 valence electrons. The predicted octanol–water partition coefficient (Wildman–Crippen LogP) is 1.75. The molecule has 0 radical (unpaired) electrons.